The van der Waals surface area contributed by atoms with Gasteiger partial charge in [0.05, 0.1) is 6.10 Å². The van der Waals surface area contributed by atoms with E-state index in [2.05, 4.69) is 52.9 Å². The van der Waals surface area contributed by atoms with Gasteiger partial charge >= 0.3 is 0 Å². The average molecular weight is 499 g/mol. The SMILES string of the molecule is CCOC(CCN(C)C)CNC(=NC)N1CCSC2(CCCCC2)C1.I. The van der Waals surface area contributed by atoms with Crippen molar-refractivity contribution in [3.05, 3.63) is 0 Å². The van der Waals surface area contributed by atoms with Gasteiger partial charge in [-0.2, -0.15) is 11.8 Å². The van der Waals surface area contributed by atoms with Crippen molar-refractivity contribution in [2.24, 2.45) is 4.99 Å². The molecular formula is C19H39IN4OS. The van der Waals surface area contributed by atoms with E-state index in [1.807, 2.05) is 7.05 Å². The number of hydrogen-bond donors (Lipinski definition) is 1. The van der Waals surface area contributed by atoms with E-state index in [1.54, 1.807) is 0 Å². The van der Waals surface area contributed by atoms with Crippen molar-refractivity contribution in [2.45, 2.75) is 56.3 Å². The van der Waals surface area contributed by atoms with Gasteiger partial charge in [-0.05, 0) is 40.3 Å². The summed E-state index contributed by atoms with van der Waals surface area (Å²) in [5.74, 6) is 2.27. The standard InChI is InChI=1S/C19H38N4OS.HI/c1-5-24-17(9-12-22(3)4)15-21-18(20-2)23-13-14-25-19(16-23)10-7-6-8-11-19;/h17H,5-16H2,1-4H3,(H,20,21);1H. The van der Waals surface area contributed by atoms with Crippen LogP contribution in [0.1, 0.15) is 45.4 Å². The number of guanidine groups is 1. The monoisotopic (exact) mass is 498 g/mol. The van der Waals surface area contributed by atoms with E-state index >= 15 is 0 Å². The van der Waals surface area contributed by atoms with E-state index in [1.165, 1.54) is 37.9 Å². The van der Waals surface area contributed by atoms with E-state index in [4.69, 9.17) is 4.74 Å². The highest BCUT2D eigenvalue weighted by Gasteiger charge is 2.38. The zero-order chi connectivity index (χ0) is 18.1. The van der Waals surface area contributed by atoms with Gasteiger partial charge in [0.25, 0.3) is 0 Å². The molecule has 1 saturated heterocycles. The smallest absolute Gasteiger partial charge is 0.193 e. The van der Waals surface area contributed by atoms with Crippen molar-refractivity contribution in [3.63, 3.8) is 0 Å². The number of nitrogens with zero attached hydrogens (tertiary/aromatic N) is 3. The molecule has 1 aliphatic carbocycles. The third-order valence-corrected chi connectivity index (χ3v) is 6.85. The predicted molar refractivity (Wildman–Crippen MR) is 125 cm³/mol. The van der Waals surface area contributed by atoms with Gasteiger partial charge in [-0.25, -0.2) is 0 Å². The van der Waals surface area contributed by atoms with Gasteiger partial charge in [0, 0.05) is 50.3 Å². The Morgan fingerprint density at radius 1 is 1.31 bits per heavy atom. The van der Waals surface area contributed by atoms with Crippen LogP contribution in [0.15, 0.2) is 4.99 Å². The largest absolute Gasteiger partial charge is 0.377 e. The molecule has 0 amide bonds. The second kappa shape index (κ2) is 12.7. The summed E-state index contributed by atoms with van der Waals surface area (Å²) in [5, 5.41) is 3.59. The lowest BCUT2D eigenvalue weighted by Gasteiger charge is -2.45. The van der Waals surface area contributed by atoms with Gasteiger partial charge in [-0.15, -0.1) is 24.0 Å². The van der Waals surface area contributed by atoms with Crippen LogP contribution in [0.2, 0.25) is 0 Å². The van der Waals surface area contributed by atoms with Gasteiger partial charge in [-0.1, -0.05) is 19.3 Å². The van der Waals surface area contributed by atoms with Crippen molar-refractivity contribution in [1.29, 1.82) is 0 Å². The second-order valence-electron chi connectivity index (χ2n) is 7.61. The maximum atomic E-state index is 5.92. The third kappa shape index (κ3) is 7.72. The van der Waals surface area contributed by atoms with Crippen molar-refractivity contribution < 1.29 is 4.74 Å². The number of thioether (sulfide) groups is 1. The van der Waals surface area contributed by atoms with Gasteiger partial charge in [0.2, 0.25) is 0 Å². The third-order valence-electron chi connectivity index (χ3n) is 5.31. The molecule has 2 fully saturated rings. The first kappa shape index (κ1) is 24.3. The molecule has 1 spiro atoms. The fourth-order valence-electron chi connectivity index (χ4n) is 3.94. The van der Waals surface area contributed by atoms with Crippen LogP contribution in [0, 0.1) is 0 Å². The Balaban J connectivity index is 0.00000338. The molecule has 1 unspecified atom stereocenters. The molecule has 1 heterocycles. The summed E-state index contributed by atoms with van der Waals surface area (Å²) in [6, 6.07) is 0. The summed E-state index contributed by atoms with van der Waals surface area (Å²) >= 11 is 2.21. The molecule has 0 radical (unpaired) electrons. The molecule has 7 heteroatoms. The van der Waals surface area contributed by atoms with Crippen LogP contribution < -0.4 is 5.32 Å². The molecule has 0 aromatic carbocycles. The summed E-state index contributed by atoms with van der Waals surface area (Å²) in [4.78, 5) is 9.27. The first-order valence-corrected chi connectivity index (χ1v) is 10.9. The van der Waals surface area contributed by atoms with E-state index in [0.717, 1.165) is 45.2 Å². The highest BCUT2D eigenvalue weighted by Crippen LogP contribution is 2.42. The molecule has 154 valence electrons. The number of rotatable bonds is 7. The van der Waals surface area contributed by atoms with E-state index < -0.39 is 0 Å². The molecule has 1 N–H and O–H groups in total. The zero-order valence-corrected chi connectivity index (χ0v) is 20.3. The molecule has 26 heavy (non-hydrogen) atoms. The highest BCUT2D eigenvalue weighted by atomic mass is 127. The van der Waals surface area contributed by atoms with Gasteiger partial charge in [0.15, 0.2) is 5.96 Å². The molecule has 2 aliphatic rings. The molecule has 1 saturated carbocycles. The molecule has 0 bridgehead atoms. The average Bonchev–Trinajstić information content (AvgIpc) is 2.61. The zero-order valence-electron chi connectivity index (χ0n) is 17.1. The minimum Gasteiger partial charge on any atom is -0.377 e. The van der Waals surface area contributed by atoms with Gasteiger partial charge < -0.3 is 19.9 Å². The number of aliphatic imine (C=N–C) groups is 1. The molecule has 1 atom stereocenters. The summed E-state index contributed by atoms with van der Waals surface area (Å²) in [6.45, 7) is 6.98. The first-order chi connectivity index (χ1) is 12.1. The Kier molecular flexibility index (Phi) is 11.8. The molecule has 1 aliphatic heterocycles. The van der Waals surface area contributed by atoms with E-state index in [0.29, 0.717) is 4.75 Å². The fourth-order valence-corrected chi connectivity index (χ4v) is 5.51. The minimum atomic E-state index is 0. The van der Waals surface area contributed by atoms with Crippen molar-refractivity contribution >= 4 is 41.7 Å². The van der Waals surface area contributed by atoms with Crippen LogP contribution in [-0.4, -0.2) is 86.3 Å². The Morgan fingerprint density at radius 3 is 2.65 bits per heavy atom. The van der Waals surface area contributed by atoms with Gasteiger partial charge in [-0.3, -0.25) is 4.99 Å². The number of ether oxygens (including phenoxy) is 1. The summed E-state index contributed by atoms with van der Waals surface area (Å²) < 4.78 is 6.39. The fraction of sp³-hybridized carbons (Fsp3) is 0.947. The topological polar surface area (TPSA) is 40.1 Å². The lowest BCUT2D eigenvalue weighted by Crippen LogP contribution is -2.54. The van der Waals surface area contributed by atoms with Crippen LogP contribution in [0.25, 0.3) is 0 Å². The quantitative estimate of drug-likeness (QED) is 0.332. The van der Waals surface area contributed by atoms with Gasteiger partial charge in [0.1, 0.15) is 0 Å². The van der Waals surface area contributed by atoms with Crippen LogP contribution in [-0.2, 0) is 4.74 Å². The minimum absolute atomic E-state index is 0. The van der Waals surface area contributed by atoms with E-state index in [-0.39, 0.29) is 30.1 Å². The Labute approximate surface area is 182 Å². The lowest BCUT2D eigenvalue weighted by atomic mass is 9.87. The van der Waals surface area contributed by atoms with Crippen LogP contribution >= 0.6 is 35.7 Å². The molecule has 0 aromatic heterocycles. The Bertz CT molecular complexity index is 411. The van der Waals surface area contributed by atoms with Crippen molar-refractivity contribution in [3.8, 4) is 0 Å². The lowest BCUT2D eigenvalue weighted by molar-refractivity contribution is 0.0543. The van der Waals surface area contributed by atoms with Crippen molar-refractivity contribution in [2.75, 3.05) is 59.7 Å². The number of halogens is 1. The maximum absolute atomic E-state index is 5.92. The normalized spacial score (nSPS) is 21.6. The highest BCUT2D eigenvalue weighted by molar-refractivity contribution is 14.0. The second-order valence-corrected chi connectivity index (χ2v) is 9.17. The van der Waals surface area contributed by atoms with Crippen molar-refractivity contribution in [1.82, 2.24) is 15.1 Å². The Morgan fingerprint density at radius 2 is 2.04 bits per heavy atom. The van der Waals surface area contributed by atoms with Crippen LogP contribution in [0.5, 0.6) is 0 Å². The molecular weight excluding hydrogens is 459 g/mol. The molecule has 2 rings (SSSR count). The maximum Gasteiger partial charge on any atom is 0.193 e. The van der Waals surface area contributed by atoms with Crippen LogP contribution in [0.3, 0.4) is 0 Å². The Hall–Kier alpha value is 0.270. The van der Waals surface area contributed by atoms with Crippen LogP contribution in [0.4, 0.5) is 0 Å². The predicted octanol–water partition coefficient (Wildman–Crippen LogP) is 3.29. The van der Waals surface area contributed by atoms with E-state index in [9.17, 15) is 0 Å². The molecule has 5 nitrogen and oxygen atoms in total. The summed E-state index contributed by atoms with van der Waals surface area (Å²) in [6.07, 6.45) is 8.23. The molecule has 0 aromatic rings. The number of nitrogens with one attached hydrogen (secondary N) is 1. The summed E-state index contributed by atoms with van der Waals surface area (Å²) in [7, 11) is 6.14. The summed E-state index contributed by atoms with van der Waals surface area (Å²) in [5.41, 5.74) is 0. The number of hydrogen-bond acceptors (Lipinski definition) is 4. The first-order valence-electron chi connectivity index (χ1n) is 9.94.